The van der Waals surface area contributed by atoms with Crippen molar-refractivity contribution >= 4 is 40.2 Å². The topological polar surface area (TPSA) is 113 Å². The standard InChI is InChI=1S/C19H22ClN7O/c1-10(22-19-24-11(2)23-18(21)26-19)14-8-12-4-3-5-15(20)16(12)25-17(14)27-7-6-13(28)9-27/h3-5,8,10,13,28H,6-7,9H2,1-2H3,(H3,21,22,23,24,26)/t10-,13+/m0/s1. The number of nitrogens with zero attached hydrogens (tertiary/aromatic N) is 5. The van der Waals surface area contributed by atoms with Crippen LogP contribution in [-0.4, -0.2) is 44.2 Å². The number of aliphatic hydroxyl groups is 1. The summed E-state index contributed by atoms with van der Waals surface area (Å²) in [6.45, 7) is 5.06. The molecule has 1 aromatic carbocycles. The van der Waals surface area contributed by atoms with Crippen molar-refractivity contribution < 1.29 is 5.11 Å². The van der Waals surface area contributed by atoms with Gasteiger partial charge in [-0.2, -0.15) is 15.0 Å². The molecule has 1 aliphatic rings. The summed E-state index contributed by atoms with van der Waals surface area (Å²) in [5, 5.41) is 14.8. The van der Waals surface area contributed by atoms with Gasteiger partial charge in [-0.15, -0.1) is 0 Å². The normalized spacial score (nSPS) is 17.9. The molecule has 4 N–H and O–H groups in total. The minimum Gasteiger partial charge on any atom is -0.391 e. The number of hydrogen-bond donors (Lipinski definition) is 3. The number of nitrogens with one attached hydrogen (secondary N) is 1. The van der Waals surface area contributed by atoms with Gasteiger partial charge in [0, 0.05) is 24.0 Å². The predicted octanol–water partition coefficient (Wildman–Crippen LogP) is 2.71. The Balaban J connectivity index is 1.77. The summed E-state index contributed by atoms with van der Waals surface area (Å²) in [5.41, 5.74) is 7.46. The highest BCUT2D eigenvalue weighted by Gasteiger charge is 2.26. The number of aromatic nitrogens is 4. The number of halogens is 1. The van der Waals surface area contributed by atoms with Crippen molar-refractivity contribution in [2.75, 3.05) is 29.0 Å². The van der Waals surface area contributed by atoms with E-state index in [2.05, 4.69) is 31.2 Å². The van der Waals surface area contributed by atoms with Crippen LogP contribution >= 0.6 is 11.6 Å². The molecule has 0 bridgehead atoms. The molecular formula is C19H22ClN7O. The molecule has 0 aliphatic carbocycles. The lowest BCUT2D eigenvalue weighted by atomic mass is 10.1. The molecule has 3 aromatic rings. The zero-order valence-electron chi connectivity index (χ0n) is 15.7. The van der Waals surface area contributed by atoms with Gasteiger partial charge in [0.15, 0.2) is 0 Å². The second-order valence-corrected chi connectivity index (χ2v) is 7.44. The molecule has 0 unspecified atom stereocenters. The third-order valence-electron chi connectivity index (χ3n) is 4.84. The van der Waals surface area contributed by atoms with Crippen LogP contribution in [-0.2, 0) is 0 Å². The molecule has 2 aromatic heterocycles. The first kappa shape index (κ1) is 18.6. The SMILES string of the molecule is Cc1nc(N)nc(N[C@@H](C)c2cc3cccc(Cl)c3nc2N2CC[C@@H](O)C2)n1. The number of fused-ring (bicyclic) bond motifs is 1. The van der Waals surface area contributed by atoms with Crippen LogP contribution < -0.4 is 16.0 Å². The highest BCUT2D eigenvalue weighted by atomic mass is 35.5. The van der Waals surface area contributed by atoms with Gasteiger partial charge in [-0.1, -0.05) is 23.7 Å². The number of anilines is 3. The van der Waals surface area contributed by atoms with Crippen LogP contribution in [0.15, 0.2) is 24.3 Å². The van der Waals surface area contributed by atoms with Crippen molar-refractivity contribution in [3.05, 3.63) is 40.7 Å². The van der Waals surface area contributed by atoms with Crippen molar-refractivity contribution in [3.8, 4) is 0 Å². The molecule has 4 rings (SSSR count). The summed E-state index contributed by atoms with van der Waals surface area (Å²) < 4.78 is 0. The van der Waals surface area contributed by atoms with Gasteiger partial charge in [-0.25, -0.2) is 4.98 Å². The minimum atomic E-state index is -0.356. The predicted molar refractivity (Wildman–Crippen MR) is 111 cm³/mol. The van der Waals surface area contributed by atoms with Crippen molar-refractivity contribution in [1.29, 1.82) is 0 Å². The van der Waals surface area contributed by atoms with Gasteiger partial charge in [0.25, 0.3) is 0 Å². The van der Waals surface area contributed by atoms with E-state index in [0.29, 0.717) is 29.8 Å². The number of hydrogen-bond acceptors (Lipinski definition) is 8. The first-order valence-corrected chi connectivity index (χ1v) is 9.55. The van der Waals surface area contributed by atoms with Gasteiger partial charge in [-0.05, 0) is 32.4 Å². The van der Waals surface area contributed by atoms with E-state index < -0.39 is 0 Å². The van der Waals surface area contributed by atoms with Gasteiger partial charge in [0.2, 0.25) is 11.9 Å². The third kappa shape index (κ3) is 3.65. The van der Waals surface area contributed by atoms with E-state index in [-0.39, 0.29) is 18.1 Å². The number of pyridine rings is 1. The lowest BCUT2D eigenvalue weighted by molar-refractivity contribution is 0.198. The average molecular weight is 400 g/mol. The van der Waals surface area contributed by atoms with Crippen molar-refractivity contribution in [2.45, 2.75) is 32.4 Å². The Morgan fingerprint density at radius 2 is 2.11 bits per heavy atom. The van der Waals surface area contributed by atoms with E-state index in [1.54, 1.807) is 6.92 Å². The van der Waals surface area contributed by atoms with E-state index >= 15 is 0 Å². The smallest absolute Gasteiger partial charge is 0.228 e. The van der Waals surface area contributed by atoms with Gasteiger partial charge >= 0.3 is 0 Å². The van der Waals surface area contributed by atoms with Crippen LogP contribution in [0.4, 0.5) is 17.7 Å². The van der Waals surface area contributed by atoms with Crippen LogP contribution in [0, 0.1) is 6.92 Å². The Morgan fingerprint density at radius 3 is 2.82 bits per heavy atom. The Bertz CT molecular complexity index is 1010. The summed E-state index contributed by atoms with van der Waals surface area (Å²) in [4.78, 5) is 19.4. The van der Waals surface area contributed by atoms with Gasteiger partial charge in [-0.3, -0.25) is 0 Å². The van der Waals surface area contributed by atoms with Gasteiger partial charge in [0.1, 0.15) is 11.6 Å². The molecule has 146 valence electrons. The van der Waals surface area contributed by atoms with E-state index in [0.717, 1.165) is 28.8 Å². The molecule has 0 radical (unpaired) electrons. The summed E-state index contributed by atoms with van der Waals surface area (Å²) in [6.07, 6.45) is 0.359. The molecule has 1 fully saturated rings. The maximum absolute atomic E-state index is 10.0. The first-order chi connectivity index (χ1) is 13.4. The van der Waals surface area contributed by atoms with Crippen LogP contribution in [0.3, 0.4) is 0 Å². The molecule has 28 heavy (non-hydrogen) atoms. The van der Waals surface area contributed by atoms with E-state index in [1.807, 2.05) is 25.1 Å². The second-order valence-electron chi connectivity index (χ2n) is 7.03. The minimum absolute atomic E-state index is 0.148. The summed E-state index contributed by atoms with van der Waals surface area (Å²) >= 11 is 6.37. The average Bonchev–Trinajstić information content (AvgIpc) is 3.06. The highest BCUT2D eigenvalue weighted by Crippen LogP contribution is 2.34. The lowest BCUT2D eigenvalue weighted by Crippen LogP contribution is -2.25. The Kier molecular flexibility index (Phi) is 4.91. The Labute approximate surface area is 167 Å². The second kappa shape index (κ2) is 7.37. The lowest BCUT2D eigenvalue weighted by Gasteiger charge is -2.25. The molecule has 3 heterocycles. The number of β-amino-alcohol motifs (C(OH)–C–C–N with tert-alkyl or cyclic N) is 1. The van der Waals surface area contributed by atoms with Crippen LogP contribution in [0.2, 0.25) is 5.02 Å². The zero-order chi connectivity index (χ0) is 19.8. The molecule has 8 nitrogen and oxygen atoms in total. The monoisotopic (exact) mass is 399 g/mol. The van der Waals surface area contributed by atoms with Crippen molar-refractivity contribution in [2.24, 2.45) is 0 Å². The maximum Gasteiger partial charge on any atom is 0.228 e. The van der Waals surface area contributed by atoms with E-state index in [9.17, 15) is 5.11 Å². The van der Waals surface area contributed by atoms with Crippen molar-refractivity contribution in [3.63, 3.8) is 0 Å². The third-order valence-corrected chi connectivity index (χ3v) is 5.15. The summed E-state index contributed by atoms with van der Waals surface area (Å²) in [5.74, 6) is 1.94. The number of nitrogen functional groups attached to an aromatic ring is 1. The van der Waals surface area contributed by atoms with Crippen LogP contribution in [0.5, 0.6) is 0 Å². The van der Waals surface area contributed by atoms with Gasteiger partial charge in [0.05, 0.1) is 22.7 Å². The molecule has 2 atom stereocenters. The van der Waals surface area contributed by atoms with E-state index in [1.165, 1.54) is 0 Å². The van der Waals surface area contributed by atoms with Crippen molar-refractivity contribution in [1.82, 2.24) is 19.9 Å². The number of benzene rings is 1. The maximum atomic E-state index is 10.0. The molecule has 0 saturated carbocycles. The number of nitrogens with two attached hydrogens (primary N) is 1. The number of rotatable bonds is 4. The fourth-order valence-corrected chi connectivity index (χ4v) is 3.74. The quantitative estimate of drug-likeness (QED) is 0.613. The molecule has 9 heteroatoms. The Hall–Kier alpha value is -2.71. The molecular weight excluding hydrogens is 378 g/mol. The number of para-hydroxylation sites is 1. The number of aliphatic hydroxyl groups excluding tert-OH is 1. The molecule has 0 amide bonds. The molecule has 0 spiro atoms. The van der Waals surface area contributed by atoms with Gasteiger partial charge < -0.3 is 21.1 Å². The Morgan fingerprint density at radius 1 is 1.29 bits per heavy atom. The van der Waals surface area contributed by atoms with E-state index in [4.69, 9.17) is 22.3 Å². The summed E-state index contributed by atoms with van der Waals surface area (Å²) in [7, 11) is 0. The van der Waals surface area contributed by atoms with Crippen LogP contribution in [0.1, 0.15) is 30.8 Å². The highest BCUT2D eigenvalue weighted by molar-refractivity contribution is 6.35. The zero-order valence-corrected chi connectivity index (χ0v) is 16.5. The summed E-state index contributed by atoms with van der Waals surface area (Å²) in [6, 6.07) is 7.65. The largest absolute Gasteiger partial charge is 0.391 e. The number of aryl methyl sites for hydroxylation is 1. The van der Waals surface area contributed by atoms with Crippen LogP contribution in [0.25, 0.3) is 10.9 Å². The molecule has 1 saturated heterocycles. The molecule has 1 aliphatic heterocycles. The first-order valence-electron chi connectivity index (χ1n) is 9.17. The fraction of sp³-hybridized carbons (Fsp3) is 0.368. The fourth-order valence-electron chi connectivity index (χ4n) is 3.51.